The van der Waals surface area contributed by atoms with Gasteiger partial charge < -0.3 is 90.0 Å². The fourth-order valence-electron chi connectivity index (χ4n) is 0. The molecule has 0 saturated heterocycles. The van der Waals surface area contributed by atoms with Crippen LogP contribution in [0.1, 0.15) is 0 Å². The van der Waals surface area contributed by atoms with E-state index in [0.29, 0.717) is 0 Å². The molecule has 0 atom stereocenters. The molecule has 0 bridgehead atoms. The number of hydrogen-bond acceptors (Lipinski definition) is 18. The summed E-state index contributed by atoms with van der Waals surface area (Å²) >= 11 is 0. The van der Waals surface area contributed by atoms with Crippen LogP contribution >= 0.6 is 0 Å². The van der Waals surface area contributed by atoms with E-state index in [0.717, 1.165) is 0 Å². The second-order valence-electron chi connectivity index (χ2n) is 1.50. The molecule has 0 fully saturated rings. The molecular weight excluding hydrogens is 829 g/mol. The first-order valence-corrected chi connectivity index (χ1v) is 3.67. The standard InChI is InChI=1S/6CH2O3.12K/c6*2-1(3)4;;;;;;;;;;;;/h6*(H2,2,3,4);;;;;;;;;;;;/q;;;;;;12*+1/p-12. The van der Waals surface area contributed by atoms with Crippen LogP contribution in [0.15, 0.2) is 0 Å². The number of rotatable bonds is 0. The average Bonchev–Trinajstić information content (AvgIpc) is 2.08. The van der Waals surface area contributed by atoms with Crippen molar-refractivity contribution in [1.82, 2.24) is 0 Å². The predicted octanol–water partition coefficient (Wildman–Crippen LogP) is -50.6. The van der Waals surface area contributed by atoms with Gasteiger partial charge in [0.25, 0.3) is 0 Å². The summed E-state index contributed by atoms with van der Waals surface area (Å²) in [5, 5.41) is 100. The van der Waals surface area contributed by atoms with Crippen LogP contribution < -0.4 is 678 Å². The summed E-state index contributed by atoms with van der Waals surface area (Å²) < 4.78 is 0. The largest absolute Gasteiger partial charge is 1.00 e. The normalized spacial score (nSPS) is 4.00. The summed E-state index contributed by atoms with van der Waals surface area (Å²) in [6.07, 6.45) is -14.0. The molecule has 30 heteroatoms. The van der Waals surface area contributed by atoms with Crippen LogP contribution in [0, 0.1) is 0 Å². The van der Waals surface area contributed by atoms with Gasteiger partial charge in [0.2, 0.25) is 0 Å². The number of carbonyl (C=O) groups excluding carboxylic acids is 6. The van der Waals surface area contributed by atoms with Gasteiger partial charge in [-0.15, -0.1) is 0 Å². The monoisotopic (exact) mass is 827 g/mol. The molecule has 0 aromatic carbocycles. The van der Waals surface area contributed by atoms with Gasteiger partial charge in [-0.3, -0.25) is 0 Å². The molecule has 0 aliphatic carbocycles. The van der Waals surface area contributed by atoms with Gasteiger partial charge in [-0.2, -0.15) is 0 Å². The van der Waals surface area contributed by atoms with Gasteiger partial charge in [-0.25, -0.2) is 0 Å². The van der Waals surface area contributed by atoms with Crippen LogP contribution in [-0.2, 0) is 0 Å². The van der Waals surface area contributed by atoms with E-state index in [4.69, 9.17) is 90.0 Å². The minimum atomic E-state index is -2.33. The molecule has 0 rings (SSSR count). The molecule has 0 amide bonds. The Morgan fingerprint density at radius 1 is 0.194 bits per heavy atom. The van der Waals surface area contributed by atoms with Gasteiger partial charge in [-0.1, -0.05) is 0 Å². The maximum Gasteiger partial charge on any atom is 1.00 e. The van der Waals surface area contributed by atoms with Crippen molar-refractivity contribution >= 4 is 36.9 Å². The van der Waals surface area contributed by atoms with Gasteiger partial charge in [-0.05, 0) is 36.9 Å². The molecule has 0 N–H and O–H groups in total. The van der Waals surface area contributed by atoms with Crippen molar-refractivity contribution in [2.45, 2.75) is 0 Å². The third-order valence-corrected chi connectivity index (χ3v) is 0. The summed E-state index contributed by atoms with van der Waals surface area (Å²) in [4.78, 5) is 50.0. The van der Waals surface area contributed by atoms with E-state index in [1.54, 1.807) is 0 Å². The molecule has 0 heterocycles. The zero-order chi connectivity index (χ0) is 21.5. The molecule has 144 valence electrons. The van der Waals surface area contributed by atoms with Crippen LogP contribution in [0.3, 0.4) is 0 Å². The molecule has 0 aliphatic heterocycles. The van der Waals surface area contributed by atoms with Gasteiger partial charge in [0.1, 0.15) is 0 Å². The minimum Gasteiger partial charge on any atom is -0.652 e. The molecule has 0 unspecified atom stereocenters. The smallest absolute Gasteiger partial charge is 0.652 e. The van der Waals surface area contributed by atoms with Crippen LogP contribution in [0.2, 0.25) is 0 Å². The average molecular weight is 829 g/mol. The van der Waals surface area contributed by atoms with Crippen molar-refractivity contribution in [3.63, 3.8) is 0 Å². The Morgan fingerprint density at radius 3 is 0.194 bits per heavy atom. The van der Waals surface area contributed by atoms with E-state index in [9.17, 15) is 0 Å². The molecule has 0 aromatic heterocycles. The van der Waals surface area contributed by atoms with Crippen LogP contribution in [0.4, 0.5) is 28.8 Å². The Kier molecular flexibility index (Phi) is 358. The van der Waals surface area contributed by atoms with Gasteiger partial charge in [0, 0.05) is 0 Å². The third kappa shape index (κ3) is 493. The van der Waals surface area contributed by atoms with Crippen molar-refractivity contribution in [3.8, 4) is 0 Å². The second kappa shape index (κ2) is 110. The van der Waals surface area contributed by atoms with E-state index in [1.165, 1.54) is 0 Å². The zero-order valence-electron chi connectivity index (χ0n) is 22.3. The Hall–Kier alpha value is 15.3. The SMILES string of the molecule is O=C([O-])[O-].O=C([O-])[O-].O=C([O-])[O-].O=C([O-])[O-].O=C([O-])[O-].O=C([O-])[O-].[K+].[K+].[K+].[K+].[K+].[K+].[K+].[K+].[K+].[K+].[K+].[K+]. The van der Waals surface area contributed by atoms with E-state index >= 15 is 0 Å². The Morgan fingerprint density at radius 2 is 0.194 bits per heavy atom. The fraction of sp³-hybridized carbons (Fsp3) is 0. The number of carbonyl (C=O) groups is 6. The van der Waals surface area contributed by atoms with Crippen LogP contribution in [0.5, 0.6) is 0 Å². The van der Waals surface area contributed by atoms with Crippen LogP contribution in [-0.4, -0.2) is 36.9 Å². The van der Waals surface area contributed by atoms with Crippen LogP contribution in [0.25, 0.3) is 0 Å². The second-order valence-corrected chi connectivity index (χ2v) is 1.50. The quantitative estimate of drug-likeness (QED) is 0.205. The maximum absolute atomic E-state index is 8.33. The molecular formula is C6K12O18. The van der Waals surface area contributed by atoms with Gasteiger partial charge >= 0.3 is 617 Å². The molecule has 0 radical (unpaired) electrons. The van der Waals surface area contributed by atoms with E-state index in [1.807, 2.05) is 0 Å². The van der Waals surface area contributed by atoms with Gasteiger partial charge in [0.15, 0.2) is 0 Å². The molecule has 36 heavy (non-hydrogen) atoms. The molecule has 0 saturated carbocycles. The summed E-state index contributed by atoms with van der Waals surface area (Å²) in [5.74, 6) is 0. The molecule has 18 nitrogen and oxygen atoms in total. The van der Waals surface area contributed by atoms with Crippen molar-refractivity contribution in [2.75, 3.05) is 0 Å². The molecule has 0 aromatic rings. The summed E-state index contributed by atoms with van der Waals surface area (Å²) in [6, 6.07) is 0. The minimum absolute atomic E-state index is 0. The molecule has 0 spiro atoms. The Labute approximate surface area is 715 Å². The van der Waals surface area contributed by atoms with Crippen molar-refractivity contribution < 1.29 is 707 Å². The maximum atomic E-state index is 8.33. The first-order chi connectivity index (χ1) is 10.4. The number of hydrogen-bond donors (Lipinski definition) is 0. The predicted molar refractivity (Wildman–Crippen MR) is 32.4 cm³/mol. The summed E-state index contributed by atoms with van der Waals surface area (Å²) in [5.41, 5.74) is 0. The van der Waals surface area contributed by atoms with E-state index in [-0.39, 0.29) is 617 Å². The van der Waals surface area contributed by atoms with Crippen molar-refractivity contribution in [1.29, 1.82) is 0 Å². The third-order valence-electron chi connectivity index (χ3n) is 0. The fourth-order valence-corrected chi connectivity index (χ4v) is 0. The van der Waals surface area contributed by atoms with Crippen molar-refractivity contribution in [2.24, 2.45) is 0 Å². The molecule has 0 aliphatic rings. The first-order valence-electron chi connectivity index (χ1n) is 3.67. The van der Waals surface area contributed by atoms with E-state index in [2.05, 4.69) is 0 Å². The first kappa shape index (κ1) is 117. The van der Waals surface area contributed by atoms with Gasteiger partial charge in [0.05, 0.1) is 0 Å². The Bertz CT molecular complexity index is 284. The Balaban J connectivity index is -0.00000000633. The zero-order valence-corrected chi connectivity index (χ0v) is 59.8. The summed E-state index contributed by atoms with van der Waals surface area (Å²) in [7, 11) is 0. The number of carboxylic acid groups (broad SMARTS) is 12. The van der Waals surface area contributed by atoms with E-state index < -0.39 is 36.9 Å². The van der Waals surface area contributed by atoms with Crippen molar-refractivity contribution in [3.05, 3.63) is 0 Å². The summed E-state index contributed by atoms with van der Waals surface area (Å²) in [6.45, 7) is 0. The topological polar surface area (TPSA) is 379 Å².